The third-order valence-electron chi connectivity index (χ3n) is 2.18. The van der Waals surface area contributed by atoms with Gasteiger partial charge in [-0.15, -0.1) is 0 Å². The molecule has 0 aromatic carbocycles. The lowest BCUT2D eigenvalue weighted by molar-refractivity contribution is 0.137. The van der Waals surface area contributed by atoms with Crippen LogP contribution >= 0.6 is 0 Å². The van der Waals surface area contributed by atoms with E-state index in [0.29, 0.717) is 0 Å². The summed E-state index contributed by atoms with van der Waals surface area (Å²) in [5, 5.41) is 0. The fourth-order valence-corrected chi connectivity index (χ4v) is 1.55. The Balaban J connectivity index is 2.73. The Hall–Kier alpha value is -0.820. The zero-order valence-corrected chi connectivity index (χ0v) is 7.89. The number of hydrogen-bond acceptors (Lipinski definition) is 1. The zero-order valence-electron chi connectivity index (χ0n) is 7.89. The van der Waals surface area contributed by atoms with Crippen molar-refractivity contribution in [2.24, 2.45) is 0 Å². The lowest BCUT2D eigenvalue weighted by Crippen LogP contribution is -2.05. The van der Waals surface area contributed by atoms with Crippen molar-refractivity contribution in [1.29, 1.82) is 0 Å². The second-order valence-corrected chi connectivity index (χ2v) is 3.30. The molecule has 0 radical (unpaired) electrons. The summed E-state index contributed by atoms with van der Waals surface area (Å²) in [7, 11) is 1.74. The van der Waals surface area contributed by atoms with Crippen LogP contribution in [-0.2, 0) is 4.74 Å². The third-order valence-corrected chi connectivity index (χ3v) is 2.18. The molecule has 0 bridgehead atoms. The molecule has 66 valence electrons. The molecule has 0 saturated heterocycles. The number of hydrogen-bond donors (Lipinski definition) is 0. The average Bonchev–Trinajstić information content (AvgIpc) is 2.32. The van der Waals surface area contributed by atoms with Crippen LogP contribution in [-0.4, -0.2) is 13.2 Å². The maximum atomic E-state index is 5.27. The van der Waals surface area contributed by atoms with Crippen LogP contribution in [0.15, 0.2) is 36.0 Å². The highest BCUT2D eigenvalue weighted by Gasteiger charge is 2.22. The third kappa shape index (κ3) is 1.86. The molecule has 0 amide bonds. The van der Waals surface area contributed by atoms with Gasteiger partial charge in [0.05, 0.1) is 6.10 Å². The smallest absolute Gasteiger partial charge is 0.0821 e. The molecule has 1 unspecified atom stereocenters. The van der Waals surface area contributed by atoms with Gasteiger partial charge in [-0.2, -0.15) is 0 Å². The van der Waals surface area contributed by atoms with Gasteiger partial charge in [0.15, 0.2) is 0 Å². The predicted octanol–water partition coefficient (Wildman–Crippen LogP) is 2.85. The van der Waals surface area contributed by atoms with Crippen LogP contribution in [0.2, 0.25) is 0 Å². The van der Waals surface area contributed by atoms with Gasteiger partial charge in [0.2, 0.25) is 0 Å². The zero-order chi connectivity index (χ0) is 9.14. The summed E-state index contributed by atoms with van der Waals surface area (Å²) >= 11 is 0. The minimum Gasteiger partial charge on any atom is -0.377 e. The van der Waals surface area contributed by atoms with Gasteiger partial charge in [-0.05, 0) is 30.9 Å². The molecule has 1 aliphatic carbocycles. The molecule has 1 heteroatoms. The Morgan fingerprint density at radius 1 is 1.67 bits per heavy atom. The topological polar surface area (TPSA) is 9.23 Å². The molecule has 0 heterocycles. The highest BCUT2D eigenvalue weighted by Crippen LogP contribution is 2.31. The molecule has 0 aromatic heterocycles. The van der Waals surface area contributed by atoms with Gasteiger partial charge in [-0.1, -0.05) is 24.8 Å². The standard InChI is InChI=1S/C11H16O/c1-8(2)7-10-5-6-11(12-4)9(10)3/h7,11H,1,3,5-6H2,2,4H3/b10-7-. The van der Waals surface area contributed by atoms with Crippen molar-refractivity contribution in [1.82, 2.24) is 0 Å². The van der Waals surface area contributed by atoms with Gasteiger partial charge in [0.1, 0.15) is 0 Å². The number of ether oxygens (including phenoxy) is 1. The lowest BCUT2D eigenvalue weighted by Gasteiger charge is -2.07. The molecule has 1 rings (SSSR count). The van der Waals surface area contributed by atoms with Gasteiger partial charge in [0.25, 0.3) is 0 Å². The molecule has 1 nitrogen and oxygen atoms in total. The minimum atomic E-state index is 0.232. The summed E-state index contributed by atoms with van der Waals surface area (Å²) < 4.78 is 5.27. The van der Waals surface area contributed by atoms with Crippen LogP contribution in [0.1, 0.15) is 19.8 Å². The summed E-state index contributed by atoms with van der Waals surface area (Å²) in [4.78, 5) is 0. The first-order valence-electron chi connectivity index (χ1n) is 4.23. The van der Waals surface area contributed by atoms with E-state index in [1.165, 1.54) is 5.57 Å². The SMILES string of the molecule is C=C(C)/C=C1/CCC(OC)C1=C. The van der Waals surface area contributed by atoms with Gasteiger partial charge < -0.3 is 4.74 Å². The normalized spacial score (nSPS) is 26.7. The molecule has 1 fully saturated rings. The van der Waals surface area contributed by atoms with Crippen molar-refractivity contribution < 1.29 is 4.74 Å². The lowest BCUT2D eigenvalue weighted by atomic mass is 10.1. The Morgan fingerprint density at radius 2 is 2.33 bits per heavy atom. The fourth-order valence-electron chi connectivity index (χ4n) is 1.55. The monoisotopic (exact) mass is 164 g/mol. The molecule has 0 spiro atoms. The van der Waals surface area contributed by atoms with E-state index in [4.69, 9.17) is 4.74 Å². The molecular weight excluding hydrogens is 148 g/mol. The van der Waals surface area contributed by atoms with Crippen LogP contribution < -0.4 is 0 Å². The Kier molecular flexibility index (Phi) is 2.88. The first kappa shape index (κ1) is 9.27. The first-order valence-corrected chi connectivity index (χ1v) is 4.23. The number of methoxy groups -OCH3 is 1. The second kappa shape index (κ2) is 3.72. The summed E-state index contributed by atoms with van der Waals surface area (Å²) in [6.07, 6.45) is 4.47. The summed E-state index contributed by atoms with van der Waals surface area (Å²) in [6, 6.07) is 0. The van der Waals surface area contributed by atoms with E-state index >= 15 is 0 Å². The number of rotatable bonds is 2. The van der Waals surface area contributed by atoms with E-state index in [1.54, 1.807) is 7.11 Å². The summed E-state index contributed by atoms with van der Waals surface area (Å²) in [5.41, 5.74) is 3.51. The van der Waals surface area contributed by atoms with Crippen molar-refractivity contribution in [3.8, 4) is 0 Å². The van der Waals surface area contributed by atoms with Crippen molar-refractivity contribution in [2.75, 3.05) is 7.11 Å². The van der Waals surface area contributed by atoms with Crippen LogP contribution in [0.3, 0.4) is 0 Å². The maximum absolute atomic E-state index is 5.27. The fraction of sp³-hybridized carbons (Fsp3) is 0.455. The molecule has 12 heavy (non-hydrogen) atoms. The van der Waals surface area contributed by atoms with E-state index in [-0.39, 0.29) is 6.10 Å². The van der Waals surface area contributed by atoms with E-state index in [2.05, 4.69) is 19.2 Å². The van der Waals surface area contributed by atoms with E-state index in [9.17, 15) is 0 Å². The second-order valence-electron chi connectivity index (χ2n) is 3.30. The summed E-state index contributed by atoms with van der Waals surface area (Å²) in [6.45, 7) is 9.85. The number of allylic oxidation sites excluding steroid dienone is 2. The van der Waals surface area contributed by atoms with Crippen LogP contribution in [0.5, 0.6) is 0 Å². The predicted molar refractivity (Wildman–Crippen MR) is 52.1 cm³/mol. The van der Waals surface area contributed by atoms with E-state index in [1.807, 2.05) is 6.92 Å². The highest BCUT2D eigenvalue weighted by molar-refractivity contribution is 5.40. The largest absolute Gasteiger partial charge is 0.377 e. The van der Waals surface area contributed by atoms with Gasteiger partial charge in [-0.3, -0.25) is 0 Å². The Labute approximate surface area is 74.4 Å². The highest BCUT2D eigenvalue weighted by atomic mass is 16.5. The average molecular weight is 164 g/mol. The van der Waals surface area contributed by atoms with Crippen molar-refractivity contribution in [2.45, 2.75) is 25.9 Å². The van der Waals surface area contributed by atoms with Gasteiger partial charge >= 0.3 is 0 Å². The molecule has 0 aliphatic heterocycles. The Morgan fingerprint density at radius 3 is 2.75 bits per heavy atom. The molecule has 1 atom stereocenters. The molecular formula is C11H16O. The van der Waals surface area contributed by atoms with E-state index in [0.717, 1.165) is 24.0 Å². The van der Waals surface area contributed by atoms with Crippen molar-refractivity contribution in [3.63, 3.8) is 0 Å². The molecule has 1 aliphatic rings. The van der Waals surface area contributed by atoms with Crippen LogP contribution in [0.4, 0.5) is 0 Å². The van der Waals surface area contributed by atoms with Gasteiger partial charge in [0, 0.05) is 7.11 Å². The summed E-state index contributed by atoms with van der Waals surface area (Å²) in [5.74, 6) is 0. The van der Waals surface area contributed by atoms with Gasteiger partial charge in [-0.25, -0.2) is 0 Å². The van der Waals surface area contributed by atoms with E-state index < -0.39 is 0 Å². The van der Waals surface area contributed by atoms with Crippen molar-refractivity contribution in [3.05, 3.63) is 36.0 Å². The maximum Gasteiger partial charge on any atom is 0.0821 e. The molecule has 1 saturated carbocycles. The van der Waals surface area contributed by atoms with Crippen molar-refractivity contribution >= 4 is 0 Å². The molecule has 0 N–H and O–H groups in total. The Bertz CT molecular complexity index is 235. The quantitative estimate of drug-likeness (QED) is 0.609. The first-order chi connectivity index (χ1) is 5.65. The van der Waals surface area contributed by atoms with Crippen LogP contribution in [0.25, 0.3) is 0 Å². The molecule has 0 aromatic rings. The minimum absolute atomic E-state index is 0.232. The van der Waals surface area contributed by atoms with Crippen LogP contribution in [0, 0.1) is 0 Å².